The molecule has 1 aromatic carbocycles. The molecule has 0 atom stereocenters. The van der Waals surface area contributed by atoms with Crippen molar-refractivity contribution in [2.75, 3.05) is 44.2 Å². The van der Waals surface area contributed by atoms with Crippen molar-refractivity contribution in [2.24, 2.45) is 0 Å². The van der Waals surface area contributed by atoms with Crippen LogP contribution in [0.1, 0.15) is 17.0 Å². The number of rotatable bonds is 5. The highest BCUT2D eigenvalue weighted by atomic mass is 16.3. The van der Waals surface area contributed by atoms with Gasteiger partial charge in [0.05, 0.1) is 12.3 Å². The van der Waals surface area contributed by atoms with Crippen molar-refractivity contribution in [1.82, 2.24) is 19.9 Å². The molecule has 6 nitrogen and oxygen atoms in total. The van der Waals surface area contributed by atoms with Crippen molar-refractivity contribution >= 4 is 16.7 Å². The molecule has 5 rings (SSSR count). The predicted molar refractivity (Wildman–Crippen MR) is 135 cm³/mol. The highest BCUT2D eigenvalue weighted by Gasteiger charge is 2.18. The highest BCUT2D eigenvalue weighted by Crippen LogP contribution is 2.33. The Bertz CT molecular complexity index is 1250. The van der Waals surface area contributed by atoms with Crippen LogP contribution < -0.4 is 4.90 Å². The molecular formula is C27H31N5O. The summed E-state index contributed by atoms with van der Waals surface area (Å²) in [5, 5.41) is 10.4. The quantitative estimate of drug-likeness (QED) is 0.482. The number of fused-ring (bicyclic) bond motifs is 1. The lowest BCUT2D eigenvalue weighted by Crippen LogP contribution is -2.47. The zero-order chi connectivity index (χ0) is 22.9. The van der Waals surface area contributed by atoms with Crippen LogP contribution in [-0.2, 0) is 0 Å². The Hall–Kier alpha value is -3.22. The Balaban J connectivity index is 1.40. The van der Waals surface area contributed by atoms with Gasteiger partial charge in [-0.25, -0.2) is 4.98 Å². The lowest BCUT2D eigenvalue weighted by molar-refractivity contribution is 0.188. The zero-order valence-electron chi connectivity index (χ0n) is 19.6. The van der Waals surface area contributed by atoms with Crippen LogP contribution in [0.5, 0.6) is 0 Å². The van der Waals surface area contributed by atoms with E-state index in [2.05, 4.69) is 69.2 Å². The number of aromatic amines is 1. The third kappa shape index (κ3) is 4.36. The SMILES string of the molecule is Cc1cc(-c2ccc3c(C)c(-c4ccc(N5CCN(CCO)CC5)nc4)[nH]c3c2)cc(C)n1. The number of aryl methyl sites for hydroxylation is 3. The van der Waals surface area contributed by atoms with Crippen molar-refractivity contribution in [2.45, 2.75) is 20.8 Å². The molecule has 4 aromatic rings. The lowest BCUT2D eigenvalue weighted by atomic mass is 10.0. The number of pyridine rings is 2. The third-order valence-electron chi connectivity index (χ3n) is 6.62. The maximum Gasteiger partial charge on any atom is 0.128 e. The minimum Gasteiger partial charge on any atom is -0.395 e. The number of β-amino-alcohol motifs (C(OH)–C–C–N with tert-alkyl or cyclic N) is 1. The fourth-order valence-corrected chi connectivity index (χ4v) is 4.87. The van der Waals surface area contributed by atoms with E-state index < -0.39 is 0 Å². The molecule has 1 saturated heterocycles. The van der Waals surface area contributed by atoms with E-state index in [1.165, 1.54) is 22.1 Å². The number of nitrogens with one attached hydrogen (secondary N) is 1. The summed E-state index contributed by atoms with van der Waals surface area (Å²) in [6, 6.07) is 15.2. The van der Waals surface area contributed by atoms with Gasteiger partial charge in [0.25, 0.3) is 0 Å². The summed E-state index contributed by atoms with van der Waals surface area (Å²) in [7, 11) is 0. The number of aromatic nitrogens is 3. The van der Waals surface area contributed by atoms with Gasteiger partial charge in [-0.3, -0.25) is 9.88 Å². The summed E-state index contributed by atoms with van der Waals surface area (Å²) in [6.45, 7) is 11.0. The van der Waals surface area contributed by atoms with Crippen LogP contribution in [0.25, 0.3) is 33.3 Å². The van der Waals surface area contributed by atoms with E-state index in [1.54, 1.807) is 0 Å². The minimum absolute atomic E-state index is 0.222. The standard InChI is InChI=1S/C27H31N5O/c1-18-14-23(15-19(2)29-18)21-4-6-24-20(3)27(30-25(24)16-21)22-5-7-26(28-17-22)32-10-8-31(9-11-32)12-13-33/h4-7,14-17,30,33H,8-13H2,1-3H3. The van der Waals surface area contributed by atoms with Crippen LogP contribution in [0, 0.1) is 20.8 Å². The van der Waals surface area contributed by atoms with Gasteiger partial charge in [0.15, 0.2) is 0 Å². The minimum atomic E-state index is 0.222. The van der Waals surface area contributed by atoms with Crippen LogP contribution in [0.3, 0.4) is 0 Å². The average Bonchev–Trinajstić information content (AvgIpc) is 3.15. The fraction of sp³-hybridized carbons (Fsp3) is 0.333. The van der Waals surface area contributed by atoms with Crippen LogP contribution in [-0.4, -0.2) is 64.3 Å². The predicted octanol–water partition coefficient (Wildman–Crippen LogP) is 4.33. The second-order valence-corrected chi connectivity index (χ2v) is 8.98. The Morgan fingerprint density at radius 3 is 2.27 bits per heavy atom. The van der Waals surface area contributed by atoms with Crippen LogP contribution in [0.4, 0.5) is 5.82 Å². The van der Waals surface area contributed by atoms with E-state index in [4.69, 9.17) is 10.1 Å². The highest BCUT2D eigenvalue weighted by molar-refractivity contribution is 5.93. The summed E-state index contributed by atoms with van der Waals surface area (Å²) in [5.74, 6) is 1.02. The van der Waals surface area contributed by atoms with E-state index in [-0.39, 0.29) is 6.61 Å². The van der Waals surface area contributed by atoms with Gasteiger partial charge in [0.1, 0.15) is 5.82 Å². The Labute approximate surface area is 194 Å². The van der Waals surface area contributed by atoms with Crippen molar-refractivity contribution < 1.29 is 5.11 Å². The van der Waals surface area contributed by atoms with E-state index in [0.29, 0.717) is 0 Å². The molecule has 0 spiro atoms. The number of anilines is 1. The molecule has 170 valence electrons. The first-order chi connectivity index (χ1) is 16.0. The molecule has 33 heavy (non-hydrogen) atoms. The number of piperazine rings is 1. The third-order valence-corrected chi connectivity index (χ3v) is 6.62. The van der Waals surface area contributed by atoms with Gasteiger partial charge in [-0.1, -0.05) is 12.1 Å². The normalized spacial score (nSPS) is 14.8. The molecule has 0 saturated carbocycles. The Morgan fingerprint density at radius 2 is 1.61 bits per heavy atom. The number of hydrogen-bond donors (Lipinski definition) is 2. The smallest absolute Gasteiger partial charge is 0.128 e. The molecule has 0 aliphatic carbocycles. The first kappa shape index (κ1) is 21.6. The van der Waals surface area contributed by atoms with E-state index in [0.717, 1.165) is 66.7 Å². The van der Waals surface area contributed by atoms with Crippen LogP contribution >= 0.6 is 0 Å². The molecule has 0 amide bonds. The van der Waals surface area contributed by atoms with Crippen molar-refractivity contribution in [3.63, 3.8) is 0 Å². The fourth-order valence-electron chi connectivity index (χ4n) is 4.87. The second kappa shape index (κ2) is 8.96. The van der Waals surface area contributed by atoms with Gasteiger partial charge in [-0.05, 0) is 67.8 Å². The first-order valence-electron chi connectivity index (χ1n) is 11.6. The number of hydrogen-bond acceptors (Lipinski definition) is 5. The summed E-state index contributed by atoms with van der Waals surface area (Å²) < 4.78 is 0. The summed E-state index contributed by atoms with van der Waals surface area (Å²) in [5.41, 5.74) is 9.06. The Morgan fingerprint density at radius 1 is 0.879 bits per heavy atom. The molecule has 0 unspecified atom stereocenters. The van der Waals surface area contributed by atoms with E-state index in [9.17, 15) is 0 Å². The van der Waals surface area contributed by atoms with Gasteiger partial charge in [-0.15, -0.1) is 0 Å². The van der Waals surface area contributed by atoms with Crippen molar-refractivity contribution in [3.8, 4) is 22.4 Å². The van der Waals surface area contributed by atoms with E-state index >= 15 is 0 Å². The second-order valence-electron chi connectivity index (χ2n) is 8.98. The maximum atomic E-state index is 9.14. The monoisotopic (exact) mass is 441 g/mol. The summed E-state index contributed by atoms with van der Waals surface area (Å²) in [4.78, 5) is 17.5. The molecule has 6 heteroatoms. The topological polar surface area (TPSA) is 68.3 Å². The average molecular weight is 442 g/mol. The summed E-state index contributed by atoms with van der Waals surface area (Å²) in [6.07, 6.45) is 1.98. The van der Waals surface area contributed by atoms with Crippen molar-refractivity contribution in [1.29, 1.82) is 0 Å². The number of aliphatic hydroxyl groups is 1. The summed E-state index contributed by atoms with van der Waals surface area (Å²) >= 11 is 0. The van der Waals surface area contributed by atoms with E-state index in [1.807, 2.05) is 20.0 Å². The van der Waals surface area contributed by atoms with Crippen molar-refractivity contribution in [3.05, 3.63) is 65.6 Å². The van der Waals surface area contributed by atoms with Gasteiger partial charge < -0.3 is 15.0 Å². The zero-order valence-corrected chi connectivity index (χ0v) is 19.6. The number of nitrogens with zero attached hydrogens (tertiary/aromatic N) is 4. The van der Waals surface area contributed by atoms with Crippen LogP contribution in [0.15, 0.2) is 48.7 Å². The molecule has 2 N–H and O–H groups in total. The lowest BCUT2D eigenvalue weighted by Gasteiger charge is -2.35. The molecular weight excluding hydrogens is 410 g/mol. The van der Waals surface area contributed by atoms with Gasteiger partial charge >= 0.3 is 0 Å². The molecule has 4 heterocycles. The van der Waals surface area contributed by atoms with Crippen LogP contribution in [0.2, 0.25) is 0 Å². The number of aliphatic hydroxyl groups excluding tert-OH is 1. The molecule has 1 aliphatic heterocycles. The van der Waals surface area contributed by atoms with Gasteiger partial charge in [0.2, 0.25) is 0 Å². The number of benzene rings is 1. The largest absolute Gasteiger partial charge is 0.395 e. The Kier molecular flexibility index (Phi) is 5.87. The van der Waals surface area contributed by atoms with Gasteiger partial charge in [-0.2, -0.15) is 0 Å². The molecule has 3 aromatic heterocycles. The molecule has 1 aliphatic rings. The van der Waals surface area contributed by atoms with Gasteiger partial charge in [0, 0.05) is 66.8 Å². The molecule has 1 fully saturated rings. The molecule has 0 radical (unpaired) electrons. The number of H-pyrrole nitrogens is 1. The first-order valence-corrected chi connectivity index (χ1v) is 11.6. The molecule has 0 bridgehead atoms. The maximum absolute atomic E-state index is 9.14.